The fraction of sp³-hybridized carbons (Fsp3) is 0.742. The number of ether oxygens (including phenoxy) is 2. The zero-order valence-electron chi connectivity index (χ0n) is 25.8. The minimum absolute atomic E-state index is 0.112. The van der Waals surface area contributed by atoms with Gasteiger partial charge in [0.1, 0.15) is 29.8 Å². The Morgan fingerprint density at radius 1 is 1.14 bits per heavy atom. The summed E-state index contributed by atoms with van der Waals surface area (Å²) in [6, 6.07) is -1.73. The Balaban J connectivity index is 1.88. The average molecular weight is 653 g/mol. The van der Waals surface area contributed by atoms with Gasteiger partial charge in [0.2, 0.25) is 17.7 Å². The van der Waals surface area contributed by atoms with Gasteiger partial charge in [-0.25, -0.2) is 0 Å². The fourth-order valence-electron chi connectivity index (χ4n) is 7.37. The third-order valence-corrected chi connectivity index (χ3v) is 9.48. The maximum absolute atomic E-state index is 15.0. The number of aliphatic hydroxyl groups is 1. The van der Waals surface area contributed by atoms with Gasteiger partial charge >= 0.3 is 5.97 Å². The van der Waals surface area contributed by atoms with Crippen molar-refractivity contribution in [2.75, 3.05) is 19.7 Å². The number of allylic oxidation sites excluding steroid dienone is 1. The van der Waals surface area contributed by atoms with Crippen molar-refractivity contribution < 1.29 is 33.8 Å². The number of aliphatic hydroxyl groups excluding tert-OH is 1. The van der Waals surface area contributed by atoms with Gasteiger partial charge in [0.15, 0.2) is 0 Å². The van der Waals surface area contributed by atoms with Gasteiger partial charge in [-0.15, -0.1) is 0 Å². The van der Waals surface area contributed by atoms with Crippen molar-refractivity contribution >= 4 is 39.6 Å². The number of carbonyl (C=O) groups excluding carboxylic acids is 4. The molecule has 2 fully saturated rings. The molecular weight excluding hydrogens is 606 g/mol. The lowest BCUT2D eigenvalue weighted by atomic mass is 9.74. The third kappa shape index (κ3) is 5.93. The number of fused-ring (bicyclic) bond motifs is 2. The van der Waals surface area contributed by atoms with E-state index in [4.69, 9.17) is 9.47 Å². The van der Waals surface area contributed by atoms with Gasteiger partial charge in [0.05, 0.1) is 25.1 Å². The first-order chi connectivity index (χ1) is 19.6. The van der Waals surface area contributed by atoms with Crippen LogP contribution in [0, 0.1) is 17.3 Å². The van der Waals surface area contributed by atoms with Crippen LogP contribution in [0.3, 0.4) is 0 Å². The van der Waals surface area contributed by atoms with E-state index in [2.05, 4.69) is 42.0 Å². The van der Waals surface area contributed by atoms with Crippen LogP contribution in [0.1, 0.15) is 74.1 Å². The van der Waals surface area contributed by atoms with Crippen LogP contribution >= 0.6 is 15.9 Å². The van der Waals surface area contributed by atoms with Crippen LogP contribution in [0.5, 0.6) is 0 Å². The van der Waals surface area contributed by atoms with Crippen molar-refractivity contribution in [2.45, 2.75) is 110 Å². The molecule has 7 atom stereocenters. The van der Waals surface area contributed by atoms with Crippen molar-refractivity contribution in [3.05, 3.63) is 22.7 Å². The summed E-state index contributed by atoms with van der Waals surface area (Å²) in [5, 5.41) is 13.2. The molecule has 234 valence electrons. The average Bonchev–Trinajstić information content (AvgIpc) is 3.47. The highest BCUT2D eigenvalue weighted by Gasteiger charge is 2.75. The van der Waals surface area contributed by atoms with E-state index in [1.807, 2.05) is 32.9 Å². The van der Waals surface area contributed by atoms with E-state index in [1.165, 1.54) is 4.90 Å². The number of esters is 1. The minimum Gasteiger partial charge on any atom is -0.460 e. The lowest BCUT2D eigenvalue weighted by Gasteiger charge is -2.46. The molecule has 3 amide bonds. The van der Waals surface area contributed by atoms with Crippen LogP contribution in [-0.2, 0) is 28.7 Å². The molecule has 0 aliphatic carbocycles. The molecule has 5 bridgehead atoms. The van der Waals surface area contributed by atoms with Crippen LogP contribution in [0.2, 0.25) is 0 Å². The van der Waals surface area contributed by atoms with E-state index in [0.29, 0.717) is 23.7 Å². The normalized spacial score (nSPS) is 34.2. The zero-order valence-corrected chi connectivity index (χ0v) is 27.4. The molecule has 0 radical (unpaired) electrons. The second-order valence-electron chi connectivity index (χ2n) is 13.9. The second kappa shape index (κ2) is 12.0. The van der Waals surface area contributed by atoms with Crippen LogP contribution in [0.25, 0.3) is 0 Å². The van der Waals surface area contributed by atoms with E-state index < -0.39 is 59.1 Å². The van der Waals surface area contributed by atoms with Gasteiger partial charge in [0.25, 0.3) is 0 Å². The van der Waals surface area contributed by atoms with Crippen LogP contribution < -0.4 is 5.32 Å². The fourth-order valence-corrected chi connectivity index (χ4v) is 8.10. The van der Waals surface area contributed by atoms with E-state index in [0.717, 1.165) is 0 Å². The summed E-state index contributed by atoms with van der Waals surface area (Å²) in [5.41, 5.74) is -2.15. The molecule has 0 unspecified atom stereocenters. The summed E-state index contributed by atoms with van der Waals surface area (Å²) in [7, 11) is 0. The van der Waals surface area contributed by atoms with Crippen molar-refractivity contribution in [3.63, 3.8) is 0 Å². The number of nitrogens with one attached hydrogen (secondary N) is 1. The van der Waals surface area contributed by atoms with Gasteiger partial charge in [-0.2, -0.15) is 0 Å². The molecule has 42 heavy (non-hydrogen) atoms. The molecule has 11 heteroatoms. The molecule has 0 saturated carbocycles. The Morgan fingerprint density at radius 2 is 1.83 bits per heavy atom. The van der Waals surface area contributed by atoms with Crippen LogP contribution in [0.15, 0.2) is 22.7 Å². The van der Waals surface area contributed by atoms with E-state index in [-0.39, 0.29) is 43.3 Å². The SMILES string of the molecule is CC[C@@H](CO)N1C(=O)[C@@H]2[C@H]3C(=O)O[C@@H](C)CNC(=O)CC/C=C\CN(C(C)(C)CC(C)(C)C)C(=O)[C@@H]1[C@]21C=C(Br)[C@H]3O1. The molecule has 0 aromatic carbocycles. The molecular formula is C31H46BrN3O7. The van der Waals surface area contributed by atoms with E-state index >= 15 is 0 Å². The highest BCUT2D eigenvalue weighted by molar-refractivity contribution is 9.11. The Morgan fingerprint density at radius 3 is 2.45 bits per heavy atom. The van der Waals surface area contributed by atoms with Gasteiger partial charge in [-0.3, -0.25) is 19.2 Å². The van der Waals surface area contributed by atoms with Crippen molar-refractivity contribution in [1.29, 1.82) is 0 Å². The first-order valence-corrected chi connectivity index (χ1v) is 15.8. The van der Waals surface area contributed by atoms with Crippen LogP contribution in [0.4, 0.5) is 0 Å². The highest BCUT2D eigenvalue weighted by atomic mass is 79.9. The lowest BCUT2D eigenvalue weighted by Crippen LogP contribution is -2.62. The summed E-state index contributed by atoms with van der Waals surface area (Å²) in [5.74, 6) is -3.47. The standard InChI is InChI=1S/C31H46BrN3O7/c1-8-19(16-36)35-25-27(39)34(30(6,7)17-29(3,4)5)13-11-9-10-12-21(37)33-15-18(2)41-28(40)22-23(26(35)38)31(25)14-20(32)24(22)42-31/h9,11,14,18-19,22-25,36H,8,10,12-13,15-17H2,1-7H3,(H,33,37)/b11-9-/t18-,19-,22+,23-,24+,25+,31-/m0/s1. The summed E-state index contributed by atoms with van der Waals surface area (Å²) in [6.07, 6.45) is 5.97. The molecule has 4 heterocycles. The van der Waals surface area contributed by atoms with Gasteiger partial charge < -0.3 is 29.7 Å². The molecule has 4 aliphatic heterocycles. The highest BCUT2D eigenvalue weighted by Crippen LogP contribution is 2.59. The van der Waals surface area contributed by atoms with E-state index in [1.54, 1.807) is 17.9 Å². The molecule has 10 nitrogen and oxygen atoms in total. The summed E-state index contributed by atoms with van der Waals surface area (Å²) in [6.45, 7) is 14.0. The molecule has 4 aliphatic rings. The summed E-state index contributed by atoms with van der Waals surface area (Å²) in [4.78, 5) is 58.6. The molecule has 2 saturated heterocycles. The summed E-state index contributed by atoms with van der Waals surface area (Å²) < 4.78 is 12.9. The monoisotopic (exact) mass is 651 g/mol. The Kier molecular flexibility index (Phi) is 9.36. The number of amides is 3. The molecule has 0 aromatic heterocycles. The Bertz CT molecular complexity index is 1160. The van der Waals surface area contributed by atoms with Crippen molar-refractivity contribution in [2.24, 2.45) is 17.3 Å². The third-order valence-electron chi connectivity index (χ3n) is 8.80. The molecule has 0 aromatic rings. The first kappa shape index (κ1) is 32.7. The maximum Gasteiger partial charge on any atom is 0.313 e. The topological polar surface area (TPSA) is 125 Å². The second-order valence-corrected chi connectivity index (χ2v) is 14.8. The first-order valence-electron chi connectivity index (χ1n) is 15.0. The number of hydrogen-bond donors (Lipinski definition) is 2. The summed E-state index contributed by atoms with van der Waals surface area (Å²) >= 11 is 3.56. The quantitative estimate of drug-likeness (QED) is 0.346. The Hall–Kier alpha value is -2.24. The number of halogens is 1. The molecule has 4 rings (SSSR count). The van der Waals surface area contributed by atoms with Crippen LogP contribution in [-0.4, -0.2) is 93.7 Å². The lowest BCUT2D eigenvalue weighted by molar-refractivity contribution is -0.160. The van der Waals surface area contributed by atoms with Gasteiger partial charge in [-0.1, -0.05) is 55.8 Å². The van der Waals surface area contributed by atoms with Gasteiger partial charge in [-0.05, 0) is 51.5 Å². The molecule has 2 N–H and O–H groups in total. The smallest absolute Gasteiger partial charge is 0.313 e. The number of rotatable bonds is 5. The van der Waals surface area contributed by atoms with Gasteiger partial charge in [0, 0.05) is 23.0 Å². The number of hydrogen-bond acceptors (Lipinski definition) is 7. The number of cyclic esters (lactones) is 1. The van der Waals surface area contributed by atoms with E-state index in [9.17, 15) is 24.3 Å². The number of nitrogens with zero attached hydrogens (tertiary/aromatic N) is 2. The Labute approximate surface area is 257 Å². The minimum atomic E-state index is -1.41. The number of likely N-dealkylation sites (tertiary alicyclic amines) is 1. The predicted molar refractivity (Wildman–Crippen MR) is 160 cm³/mol. The number of carbonyl (C=O) groups is 4. The van der Waals surface area contributed by atoms with Crippen molar-refractivity contribution in [3.8, 4) is 0 Å². The van der Waals surface area contributed by atoms with Crippen molar-refractivity contribution in [1.82, 2.24) is 15.1 Å². The zero-order chi connectivity index (χ0) is 31.2. The molecule has 1 spiro atoms. The maximum atomic E-state index is 15.0. The predicted octanol–water partition coefficient (Wildman–Crippen LogP) is 3.07. The largest absolute Gasteiger partial charge is 0.460 e.